The minimum Gasteiger partial charge on any atom is -0.339 e. The van der Waals surface area contributed by atoms with Crippen LogP contribution < -0.4 is 10.6 Å². The molecule has 5 rings (SSSR count). The zero-order valence-corrected chi connectivity index (χ0v) is 19.2. The molecule has 2 N–H and O–H groups in total. The number of nitrogens with one attached hydrogen (secondary N) is 2. The van der Waals surface area contributed by atoms with E-state index in [9.17, 15) is 4.79 Å². The number of amides is 1. The maximum Gasteiger partial charge on any atom is 0.255 e. The molecule has 0 spiro atoms. The number of carbonyl (C=O) groups is 1. The molecule has 0 unspecified atom stereocenters. The number of nitrogens with zero attached hydrogens (tertiary/aromatic N) is 5. The Hall–Kier alpha value is -4.30. The summed E-state index contributed by atoms with van der Waals surface area (Å²) in [6.07, 6.45) is 5.14. The molecular weight excluding hydrogens is 450 g/mol. The molecule has 168 valence electrons. The first kappa shape index (κ1) is 21.5. The number of hydrogen-bond donors (Lipinski definition) is 2. The Morgan fingerprint density at radius 3 is 2.62 bits per heavy atom. The SMILES string of the molecule is Cc1ccc(C(=O)Nc2ccc(Cl)cc2)cc1Nc1nc(-c2cccnc2)nc2c1cnn2C. The summed E-state index contributed by atoms with van der Waals surface area (Å²) in [7, 11) is 1.83. The molecule has 5 aromatic rings. The fraction of sp³-hybridized carbons (Fsp3) is 0.0800. The monoisotopic (exact) mass is 469 g/mol. The van der Waals surface area contributed by atoms with Crippen molar-refractivity contribution in [2.45, 2.75) is 6.92 Å². The van der Waals surface area contributed by atoms with Crippen LogP contribution in [0.4, 0.5) is 17.2 Å². The highest BCUT2D eigenvalue weighted by molar-refractivity contribution is 6.30. The standard InChI is InChI=1S/C25H20ClN7O/c1-15-5-6-16(25(34)29-19-9-7-18(26)8-10-19)12-21(15)30-23-20-14-28-33(2)24(20)32-22(31-23)17-4-3-11-27-13-17/h3-14H,1-2H3,(H,29,34)(H,30,31,32). The Balaban J connectivity index is 1.50. The van der Waals surface area contributed by atoms with Crippen LogP contribution in [0.5, 0.6) is 0 Å². The van der Waals surface area contributed by atoms with Gasteiger partial charge in [-0.15, -0.1) is 0 Å². The molecule has 0 radical (unpaired) electrons. The lowest BCUT2D eigenvalue weighted by molar-refractivity contribution is 0.102. The normalized spacial score (nSPS) is 10.9. The third-order valence-electron chi connectivity index (χ3n) is 5.37. The second-order valence-corrected chi connectivity index (χ2v) is 8.20. The molecule has 0 aliphatic rings. The van der Waals surface area contributed by atoms with Crippen molar-refractivity contribution in [1.29, 1.82) is 0 Å². The van der Waals surface area contributed by atoms with Crippen molar-refractivity contribution in [2.24, 2.45) is 7.05 Å². The highest BCUT2D eigenvalue weighted by Gasteiger charge is 2.15. The van der Waals surface area contributed by atoms with Gasteiger partial charge in [0.15, 0.2) is 11.5 Å². The van der Waals surface area contributed by atoms with Gasteiger partial charge < -0.3 is 10.6 Å². The molecule has 0 bridgehead atoms. The Bertz CT molecular complexity index is 1500. The molecule has 0 fully saturated rings. The third-order valence-corrected chi connectivity index (χ3v) is 5.62. The van der Waals surface area contributed by atoms with Crippen LogP contribution in [-0.4, -0.2) is 30.6 Å². The van der Waals surface area contributed by atoms with Gasteiger partial charge in [0.1, 0.15) is 5.82 Å². The lowest BCUT2D eigenvalue weighted by Gasteiger charge is -2.13. The smallest absolute Gasteiger partial charge is 0.255 e. The predicted octanol–water partition coefficient (Wildman–Crippen LogP) is 5.38. The van der Waals surface area contributed by atoms with Gasteiger partial charge in [-0.05, 0) is 61.0 Å². The van der Waals surface area contributed by atoms with Gasteiger partial charge in [0.2, 0.25) is 0 Å². The van der Waals surface area contributed by atoms with Gasteiger partial charge in [-0.2, -0.15) is 5.10 Å². The van der Waals surface area contributed by atoms with Crippen LogP contribution in [0, 0.1) is 6.92 Å². The van der Waals surface area contributed by atoms with Crippen LogP contribution >= 0.6 is 11.6 Å². The first-order valence-corrected chi connectivity index (χ1v) is 10.9. The summed E-state index contributed by atoms with van der Waals surface area (Å²) in [6.45, 7) is 1.97. The highest BCUT2D eigenvalue weighted by Crippen LogP contribution is 2.29. The Morgan fingerprint density at radius 2 is 1.85 bits per heavy atom. The predicted molar refractivity (Wildman–Crippen MR) is 133 cm³/mol. The lowest BCUT2D eigenvalue weighted by atomic mass is 10.1. The second kappa shape index (κ2) is 8.92. The number of aromatic nitrogens is 5. The van der Waals surface area contributed by atoms with E-state index in [1.54, 1.807) is 59.7 Å². The maximum absolute atomic E-state index is 12.9. The molecule has 9 heteroatoms. The van der Waals surface area contributed by atoms with E-state index in [4.69, 9.17) is 16.6 Å². The minimum atomic E-state index is -0.226. The summed E-state index contributed by atoms with van der Waals surface area (Å²) >= 11 is 5.93. The van der Waals surface area contributed by atoms with Gasteiger partial charge in [-0.25, -0.2) is 9.97 Å². The van der Waals surface area contributed by atoms with Crippen LogP contribution in [0.15, 0.2) is 73.2 Å². The van der Waals surface area contributed by atoms with E-state index in [0.29, 0.717) is 33.6 Å². The summed E-state index contributed by atoms with van der Waals surface area (Å²) in [4.78, 5) is 26.4. The average Bonchev–Trinajstić information content (AvgIpc) is 3.23. The molecule has 0 aliphatic heterocycles. The molecule has 8 nitrogen and oxygen atoms in total. The second-order valence-electron chi connectivity index (χ2n) is 7.76. The first-order valence-electron chi connectivity index (χ1n) is 10.5. The van der Waals surface area contributed by atoms with Crippen molar-refractivity contribution in [3.05, 3.63) is 89.3 Å². The highest BCUT2D eigenvalue weighted by atomic mass is 35.5. The van der Waals surface area contributed by atoms with E-state index >= 15 is 0 Å². The van der Waals surface area contributed by atoms with Crippen molar-refractivity contribution in [3.8, 4) is 11.4 Å². The number of aryl methyl sites for hydroxylation is 2. The van der Waals surface area contributed by atoms with Crippen molar-refractivity contribution < 1.29 is 4.79 Å². The summed E-state index contributed by atoms with van der Waals surface area (Å²) in [5.74, 6) is 0.895. The van der Waals surface area contributed by atoms with E-state index in [2.05, 4.69) is 25.7 Å². The van der Waals surface area contributed by atoms with Crippen LogP contribution in [0.2, 0.25) is 5.02 Å². The van der Waals surface area contributed by atoms with Crippen LogP contribution in [0.25, 0.3) is 22.4 Å². The number of fused-ring (bicyclic) bond motifs is 1. The molecule has 0 saturated carbocycles. The van der Waals surface area contributed by atoms with Gasteiger partial charge in [0.25, 0.3) is 5.91 Å². The van der Waals surface area contributed by atoms with Crippen LogP contribution in [0.1, 0.15) is 15.9 Å². The Morgan fingerprint density at radius 1 is 1.03 bits per heavy atom. The van der Waals surface area contributed by atoms with Gasteiger partial charge in [-0.3, -0.25) is 14.5 Å². The third kappa shape index (κ3) is 4.31. The van der Waals surface area contributed by atoms with E-state index in [-0.39, 0.29) is 5.91 Å². The molecule has 0 aliphatic carbocycles. The quantitative estimate of drug-likeness (QED) is 0.358. The van der Waals surface area contributed by atoms with Gasteiger partial charge >= 0.3 is 0 Å². The Kier molecular flexibility index (Phi) is 5.65. The fourth-order valence-electron chi connectivity index (χ4n) is 3.50. The number of pyridine rings is 1. The lowest BCUT2D eigenvalue weighted by Crippen LogP contribution is -2.12. The molecule has 34 heavy (non-hydrogen) atoms. The van der Waals surface area contributed by atoms with Crippen molar-refractivity contribution >= 4 is 45.7 Å². The molecular formula is C25H20ClN7O. The number of hydrogen-bond acceptors (Lipinski definition) is 6. The first-order chi connectivity index (χ1) is 16.5. The largest absolute Gasteiger partial charge is 0.339 e. The number of halogens is 1. The molecule has 1 amide bonds. The minimum absolute atomic E-state index is 0.226. The van der Waals surface area contributed by atoms with Gasteiger partial charge in [0.05, 0.1) is 11.6 Å². The van der Waals surface area contributed by atoms with Crippen molar-refractivity contribution in [1.82, 2.24) is 24.7 Å². The summed E-state index contributed by atoms with van der Waals surface area (Å²) in [6, 6.07) is 16.2. The molecule has 0 saturated heterocycles. The van der Waals surface area contributed by atoms with Gasteiger partial charge in [-0.1, -0.05) is 17.7 Å². The molecule has 2 aromatic carbocycles. The number of anilines is 3. The van der Waals surface area contributed by atoms with E-state index in [1.165, 1.54) is 0 Å². The summed E-state index contributed by atoms with van der Waals surface area (Å²) in [5, 5.41) is 12.0. The molecule has 3 heterocycles. The van der Waals surface area contributed by atoms with Crippen LogP contribution in [-0.2, 0) is 7.05 Å². The maximum atomic E-state index is 12.9. The zero-order chi connectivity index (χ0) is 23.7. The van der Waals surface area contributed by atoms with Crippen molar-refractivity contribution in [3.63, 3.8) is 0 Å². The van der Waals surface area contributed by atoms with Crippen molar-refractivity contribution in [2.75, 3.05) is 10.6 Å². The summed E-state index contributed by atoms with van der Waals surface area (Å²) < 4.78 is 1.70. The number of carbonyl (C=O) groups excluding carboxylic acids is 1. The number of benzene rings is 2. The summed E-state index contributed by atoms with van der Waals surface area (Å²) in [5.41, 5.74) is 4.36. The van der Waals surface area contributed by atoms with E-state index in [0.717, 1.165) is 22.2 Å². The van der Waals surface area contributed by atoms with Crippen LogP contribution in [0.3, 0.4) is 0 Å². The van der Waals surface area contributed by atoms with E-state index < -0.39 is 0 Å². The molecule has 3 aromatic heterocycles. The van der Waals surface area contributed by atoms with E-state index in [1.807, 2.05) is 32.2 Å². The Labute approximate surface area is 200 Å². The molecule has 0 atom stereocenters. The average molecular weight is 470 g/mol. The van der Waals surface area contributed by atoms with Gasteiger partial charge in [0, 0.05) is 47.0 Å². The zero-order valence-electron chi connectivity index (χ0n) is 18.5. The fourth-order valence-corrected chi connectivity index (χ4v) is 3.63. The topological polar surface area (TPSA) is 97.6 Å². The number of rotatable bonds is 5.